The monoisotopic (exact) mass is 446 g/mol. The number of fused-ring (bicyclic) bond motifs is 4. The number of alkyl halides is 2. The smallest absolute Gasteiger partial charge is 0.464 e. The van der Waals surface area contributed by atoms with Gasteiger partial charge in [0.1, 0.15) is 7.11 Å². The number of oxime groups is 1. The van der Waals surface area contributed by atoms with Crippen LogP contribution in [-0.2, 0) is 14.4 Å². The topological polar surface area (TPSA) is 78.8 Å². The number of halogens is 2. The number of carbonyl (C=O) groups is 1. The molecule has 0 radical (unpaired) electrons. The van der Waals surface area contributed by atoms with Crippen LogP contribution in [0.5, 0.6) is 17.2 Å². The van der Waals surface area contributed by atoms with Crippen LogP contribution in [0.3, 0.4) is 0 Å². The fraction of sp³-hybridized carbons (Fsp3) is 0.364. The normalized spacial score (nSPS) is 18.9. The van der Waals surface area contributed by atoms with Crippen LogP contribution in [0.15, 0.2) is 35.5 Å². The molecule has 0 aromatic heterocycles. The highest BCUT2D eigenvalue weighted by atomic mass is 19.3. The van der Waals surface area contributed by atoms with Crippen molar-refractivity contribution in [2.75, 3.05) is 19.3 Å². The summed E-state index contributed by atoms with van der Waals surface area (Å²) >= 11 is 0. The van der Waals surface area contributed by atoms with Crippen molar-refractivity contribution in [1.82, 2.24) is 0 Å². The van der Waals surface area contributed by atoms with Crippen LogP contribution >= 0.6 is 0 Å². The molecule has 3 aliphatic heterocycles. The van der Waals surface area contributed by atoms with Gasteiger partial charge < -0.3 is 23.9 Å². The molecule has 0 amide bonds. The van der Waals surface area contributed by atoms with Crippen molar-refractivity contribution in [3.05, 3.63) is 47.0 Å². The molecule has 4 aliphatic rings. The molecule has 1 atom stereocenters. The first-order valence-corrected chi connectivity index (χ1v) is 10.0. The fourth-order valence-electron chi connectivity index (χ4n) is 4.09. The molecule has 2 aromatic rings. The Labute approximate surface area is 182 Å². The van der Waals surface area contributed by atoms with Gasteiger partial charge in [-0.2, -0.15) is 0 Å². The standard InChI is InChI=1S/C22H20F2N2O6/c1-11-8-14-10-15(18(25-29-3)21(27)28-2)20(11)32-26(14)19(12-4-5-12)13-6-7-16-17(9-13)31-22(23,24)30-16/h6-10,12,19H,4-5H2,1-3H3. The molecule has 3 heterocycles. The van der Waals surface area contributed by atoms with Gasteiger partial charge in [0.25, 0.3) is 0 Å². The molecule has 32 heavy (non-hydrogen) atoms. The summed E-state index contributed by atoms with van der Waals surface area (Å²) in [5.74, 6) is 0.0341. The number of hydrogen-bond acceptors (Lipinski definition) is 8. The average molecular weight is 446 g/mol. The zero-order chi connectivity index (χ0) is 22.6. The molecule has 10 heteroatoms. The fourth-order valence-corrected chi connectivity index (χ4v) is 4.09. The summed E-state index contributed by atoms with van der Waals surface area (Å²) in [6.07, 6.45) is -1.74. The van der Waals surface area contributed by atoms with Crippen molar-refractivity contribution >= 4 is 17.4 Å². The van der Waals surface area contributed by atoms with Gasteiger partial charge in [-0.1, -0.05) is 11.2 Å². The lowest BCUT2D eigenvalue weighted by molar-refractivity contribution is -0.286. The van der Waals surface area contributed by atoms with E-state index in [1.54, 1.807) is 23.3 Å². The van der Waals surface area contributed by atoms with Crippen molar-refractivity contribution in [2.24, 2.45) is 11.1 Å². The highest BCUT2D eigenvalue weighted by Gasteiger charge is 2.46. The van der Waals surface area contributed by atoms with E-state index in [9.17, 15) is 13.6 Å². The van der Waals surface area contributed by atoms with E-state index in [1.807, 2.05) is 13.0 Å². The maximum Gasteiger partial charge on any atom is 0.586 e. The molecule has 1 saturated carbocycles. The van der Waals surface area contributed by atoms with Crippen molar-refractivity contribution in [3.8, 4) is 17.2 Å². The quantitative estimate of drug-likeness (QED) is 0.375. The second-order valence-electron chi connectivity index (χ2n) is 7.83. The predicted molar refractivity (Wildman–Crippen MR) is 108 cm³/mol. The van der Waals surface area contributed by atoms with Crippen LogP contribution in [0, 0.1) is 12.8 Å². The lowest BCUT2D eigenvalue weighted by Gasteiger charge is -2.38. The Morgan fingerprint density at radius 3 is 2.59 bits per heavy atom. The van der Waals surface area contributed by atoms with E-state index < -0.39 is 12.3 Å². The van der Waals surface area contributed by atoms with E-state index in [-0.39, 0.29) is 29.2 Å². The minimum atomic E-state index is -3.68. The Hall–Kier alpha value is -3.56. The minimum Gasteiger partial charge on any atom is -0.464 e. The molecule has 0 spiro atoms. The molecule has 8 nitrogen and oxygen atoms in total. The van der Waals surface area contributed by atoms with E-state index in [4.69, 9.17) is 14.4 Å². The number of aryl methyl sites for hydroxylation is 1. The van der Waals surface area contributed by atoms with Crippen molar-refractivity contribution in [3.63, 3.8) is 0 Å². The van der Waals surface area contributed by atoms with Gasteiger partial charge in [-0.05, 0) is 61.1 Å². The zero-order valence-electron chi connectivity index (χ0n) is 17.6. The van der Waals surface area contributed by atoms with Gasteiger partial charge in [-0.15, -0.1) is 8.78 Å². The van der Waals surface area contributed by atoms with Crippen LogP contribution in [-0.4, -0.2) is 32.2 Å². The molecular weight excluding hydrogens is 426 g/mol. The first-order valence-electron chi connectivity index (χ1n) is 10.0. The maximum atomic E-state index is 13.5. The van der Waals surface area contributed by atoms with Crippen LogP contribution in [0.25, 0.3) is 0 Å². The summed E-state index contributed by atoms with van der Waals surface area (Å²) in [6.45, 7) is 1.86. The minimum absolute atomic E-state index is 0.00664. The second-order valence-corrected chi connectivity index (χ2v) is 7.83. The zero-order valence-corrected chi connectivity index (χ0v) is 17.6. The number of anilines is 1. The predicted octanol–water partition coefficient (Wildman–Crippen LogP) is 4.11. The molecule has 2 bridgehead atoms. The van der Waals surface area contributed by atoms with Gasteiger partial charge in [-0.3, -0.25) is 0 Å². The Balaban J connectivity index is 1.53. The molecule has 2 aromatic carbocycles. The number of hydroxylamine groups is 1. The molecule has 1 aliphatic carbocycles. The number of carbonyl (C=O) groups excluding carboxylic acids is 1. The number of nitrogens with zero attached hydrogens (tertiary/aromatic N) is 2. The van der Waals surface area contributed by atoms with Gasteiger partial charge in [0.15, 0.2) is 23.0 Å². The third kappa shape index (κ3) is 3.35. The van der Waals surface area contributed by atoms with Crippen LogP contribution in [0.4, 0.5) is 14.5 Å². The Morgan fingerprint density at radius 2 is 1.94 bits per heavy atom. The highest BCUT2D eigenvalue weighted by Crippen LogP contribution is 2.51. The first-order chi connectivity index (χ1) is 15.3. The van der Waals surface area contributed by atoms with Gasteiger partial charge in [0.2, 0.25) is 0 Å². The first kappa shape index (κ1) is 20.3. The molecule has 168 valence electrons. The van der Waals surface area contributed by atoms with E-state index >= 15 is 0 Å². The largest absolute Gasteiger partial charge is 0.586 e. The van der Waals surface area contributed by atoms with Gasteiger partial charge in [0, 0.05) is 0 Å². The van der Waals surface area contributed by atoms with Crippen molar-refractivity contribution in [1.29, 1.82) is 0 Å². The van der Waals surface area contributed by atoms with Crippen molar-refractivity contribution < 1.29 is 37.5 Å². The Bertz CT molecular complexity index is 1130. The second kappa shape index (κ2) is 7.25. The van der Waals surface area contributed by atoms with Gasteiger partial charge in [-0.25, -0.2) is 9.86 Å². The summed E-state index contributed by atoms with van der Waals surface area (Å²) < 4.78 is 40.9. The summed E-state index contributed by atoms with van der Waals surface area (Å²) in [5.41, 5.74) is 2.70. The highest BCUT2D eigenvalue weighted by molar-refractivity contribution is 6.44. The Kier molecular flexibility index (Phi) is 4.61. The summed E-state index contributed by atoms with van der Waals surface area (Å²) in [4.78, 5) is 23.3. The van der Waals surface area contributed by atoms with E-state index in [1.165, 1.54) is 20.3 Å². The number of hydrogen-bond donors (Lipinski definition) is 0. The maximum absolute atomic E-state index is 13.5. The Morgan fingerprint density at radius 1 is 1.19 bits per heavy atom. The SMILES string of the molecule is CON=C(C(=O)OC)c1cc2cc(C)c1ON2C(c1ccc2c(c1)OC(F)(F)O2)C1CC1. The summed E-state index contributed by atoms with van der Waals surface area (Å²) in [6, 6.07) is 8.23. The molecule has 1 fully saturated rings. The molecule has 0 N–H and O–H groups in total. The molecule has 6 rings (SSSR count). The van der Waals surface area contributed by atoms with Gasteiger partial charge >= 0.3 is 12.3 Å². The third-order valence-electron chi connectivity index (χ3n) is 5.61. The molecule has 0 saturated heterocycles. The number of esters is 1. The summed E-state index contributed by atoms with van der Waals surface area (Å²) in [5, 5.41) is 5.55. The van der Waals surface area contributed by atoms with E-state index in [0.717, 1.165) is 24.0 Å². The lowest BCUT2D eigenvalue weighted by atomic mass is 9.97. The summed E-state index contributed by atoms with van der Waals surface area (Å²) in [7, 11) is 2.60. The number of ether oxygens (including phenoxy) is 3. The van der Waals surface area contributed by atoms with E-state index in [0.29, 0.717) is 17.0 Å². The van der Waals surface area contributed by atoms with Crippen LogP contribution in [0.2, 0.25) is 0 Å². The number of rotatable bonds is 6. The number of methoxy groups -OCH3 is 1. The number of benzene rings is 2. The molecular formula is C22H20F2N2O6. The average Bonchev–Trinajstić information content (AvgIpc) is 3.53. The van der Waals surface area contributed by atoms with Crippen LogP contribution < -0.4 is 19.4 Å². The van der Waals surface area contributed by atoms with Crippen LogP contribution in [0.1, 0.15) is 35.6 Å². The molecule has 1 unspecified atom stereocenters. The third-order valence-corrected chi connectivity index (χ3v) is 5.61. The lowest BCUT2D eigenvalue weighted by Crippen LogP contribution is -2.38. The van der Waals surface area contributed by atoms with E-state index in [2.05, 4.69) is 14.6 Å². The van der Waals surface area contributed by atoms with Gasteiger partial charge in [0.05, 0.1) is 24.4 Å². The van der Waals surface area contributed by atoms with Crippen molar-refractivity contribution in [2.45, 2.75) is 32.1 Å².